The molecule has 1 fully saturated rings. The number of rotatable bonds is 9. The van der Waals surface area contributed by atoms with Gasteiger partial charge in [-0.1, -0.05) is 30.3 Å². The van der Waals surface area contributed by atoms with Crippen LogP contribution in [0.2, 0.25) is 0 Å². The highest BCUT2D eigenvalue weighted by molar-refractivity contribution is 5.85. The first-order chi connectivity index (χ1) is 10.2. The molecule has 0 unspecified atom stereocenters. The summed E-state index contributed by atoms with van der Waals surface area (Å²) < 4.78 is 0. The average molecular weight is 326 g/mol. The van der Waals surface area contributed by atoms with Crippen LogP contribution in [-0.2, 0) is 16.0 Å². The standard InChI is InChI=1S/C16H23N3O2.ClH/c20-15(11-17-10-14-6-7-14)19-12-16(21)18-9-8-13-4-2-1-3-5-13;/h1-5,14,17H,6-12H2,(H,18,21)(H,19,20);1H. The van der Waals surface area contributed by atoms with Crippen LogP contribution < -0.4 is 16.0 Å². The van der Waals surface area contributed by atoms with E-state index in [1.165, 1.54) is 18.4 Å². The van der Waals surface area contributed by atoms with Crippen molar-refractivity contribution in [3.8, 4) is 0 Å². The van der Waals surface area contributed by atoms with Crippen LogP contribution in [-0.4, -0.2) is 38.0 Å². The van der Waals surface area contributed by atoms with Crippen molar-refractivity contribution in [2.45, 2.75) is 19.3 Å². The highest BCUT2D eigenvalue weighted by atomic mass is 35.5. The highest BCUT2D eigenvalue weighted by Crippen LogP contribution is 2.27. The lowest BCUT2D eigenvalue weighted by Crippen LogP contribution is -2.41. The molecule has 1 aliphatic carbocycles. The second kappa shape index (κ2) is 10.2. The minimum Gasteiger partial charge on any atom is -0.354 e. The van der Waals surface area contributed by atoms with Gasteiger partial charge in [0.05, 0.1) is 13.1 Å². The molecule has 0 atom stereocenters. The van der Waals surface area contributed by atoms with Crippen LogP contribution >= 0.6 is 12.4 Å². The summed E-state index contributed by atoms with van der Waals surface area (Å²) >= 11 is 0. The zero-order valence-electron chi connectivity index (χ0n) is 12.6. The number of nitrogens with one attached hydrogen (secondary N) is 3. The van der Waals surface area contributed by atoms with E-state index < -0.39 is 0 Å². The van der Waals surface area contributed by atoms with Gasteiger partial charge in [-0.3, -0.25) is 9.59 Å². The number of carbonyl (C=O) groups is 2. The molecule has 0 saturated heterocycles. The van der Waals surface area contributed by atoms with E-state index in [0.717, 1.165) is 18.9 Å². The van der Waals surface area contributed by atoms with E-state index in [9.17, 15) is 9.59 Å². The molecule has 5 nitrogen and oxygen atoms in total. The summed E-state index contributed by atoms with van der Waals surface area (Å²) in [6.45, 7) is 1.81. The summed E-state index contributed by atoms with van der Waals surface area (Å²) in [5, 5.41) is 8.50. The number of carbonyl (C=O) groups excluding carboxylic acids is 2. The molecule has 1 aliphatic rings. The van der Waals surface area contributed by atoms with Crippen molar-refractivity contribution in [3.05, 3.63) is 35.9 Å². The maximum absolute atomic E-state index is 11.6. The van der Waals surface area contributed by atoms with Crippen molar-refractivity contribution >= 4 is 24.2 Å². The first-order valence-electron chi connectivity index (χ1n) is 7.52. The van der Waals surface area contributed by atoms with Gasteiger partial charge in [-0.2, -0.15) is 0 Å². The van der Waals surface area contributed by atoms with Gasteiger partial charge < -0.3 is 16.0 Å². The first-order valence-corrected chi connectivity index (χ1v) is 7.52. The van der Waals surface area contributed by atoms with Gasteiger partial charge in [0.15, 0.2) is 0 Å². The summed E-state index contributed by atoms with van der Waals surface area (Å²) in [4.78, 5) is 23.1. The van der Waals surface area contributed by atoms with Gasteiger partial charge in [-0.25, -0.2) is 0 Å². The molecule has 122 valence electrons. The third-order valence-corrected chi connectivity index (χ3v) is 3.44. The Kier molecular flexibility index (Phi) is 8.55. The molecular formula is C16H24ClN3O2. The Morgan fingerprint density at radius 1 is 1.00 bits per heavy atom. The molecular weight excluding hydrogens is 302 g/mol. The zero-order chi connectivity index (χ0) is 14.9. The lowest BCUT2D eigenvalue weighted by molar-refractivity contribution is -0.125. The van der Waals surface area contributed by atoms with E-state index in [-0.39, 0.29) is 37.3 Å². The van der Waals surface area contributed by atoms with E-state index in [0.29, 0.717) is 6.54 Å². The third kappa shape index (κ3) is 8.00. The normalized spacial score (nSPS) is 13.1. The molecule has 0 aromatic heterocycles. The van der Waals surface area contributed by atoms with E-state index in [2.05, 4.69) is 16.0 Å². The Bertz CT molecular complexity index is 464. The number of amides is 2. The Morgan fingerprint density at radius 3 is 2.36 bits per heavy atom. The lowest BCUT2D eigenvalue weighted by atomic mass is 10.1. The highest BCUT2D eigenvalue weighted by Gasteiger charge is 2.20. The number of hydrogen-bond donors (Lipinski definition) is 3. The molecule has 22 heavy (non-hydrogen) atoms. The molecule has 3 N–H and O–H groups in total. The Balaban J connectivity index is 0.00000242. The molecule has 0 heterocycles. The molecule has 1 saturated carbocycles. The van der Waals surface area contributed by atoms with Gasteiger partial charge >= 0.3 is 0 Å². The maximum atomic E-state index is 11.6. The Morgan fingerprint density at radius 2 is 1.68 bits per heavy atom. The van der Waals surface area contributed by atoms with E-state index in [1.807, 2.05) is 30.3 Å². The predicted molar refractivity (Wildman–Crippen MR) is 89.0 cm³/mol. The quantitative estimate of drug-likeness (QED) is 0.631. The number of halogens is 1. The molecule has 1 aromatic rings. The van der Waals surface area contributed by atoms with Crippen LogP contribution in [0.1, 0.15) is 18.4 Å². The van der Waals surface area contributed by atoms with Gasteiger partial charge in [0.2, 0.25) is 11.8 Å². The summed E-state index contributed by atoms with van der Waals surface area (Å²) in [5.41, 5.74) is 1.19. The van der Waals surface area contributed by atoms with Crippen LogP contribution in [0.3, 0.4) is 0 Å². The van der Waals surface area contributed by atoms with Crippen molar-refractivity contribution in [2.24, 2.45) is 5.92 Å². The molecule has 0 aliphatic heterocycles. The third-order valence-electron chi connectivity index (χ3n) is 3.44. The van der Waals surface area contributed by atoms with Gasteiger partial charge in [-0.15, -0.1) is 12.4 Å². The minimum atomic E-state index is -0.151. The largest absolute Gasteiger partial charge is 0.354 e. The molecule has 2 amide bonds. The summed E-state index contributed by atoms with van der Waals surface area (Å²) in [5.74, 6) is 0.467. The van der Waals surface area contributed by atoms with Crippen molar-refractivity contribution in [1.29, 1.82) is 0 Å². The fourth-order valence-corrected chi connectivity index (χ4v) is 2.01. The van der Waals surface area contributed by atoms with Gasteiger partial charge in [0, 0.05) is 6.54 Å². The van der Waals surface area contributed by atoms with Crippen molar-refractivity contribution < 1.29 is 9.59 Å². The van der Waals surface area contributed by atoms with Gasteiger partial charge in [0.25, 0.3) is 0 Å². The first kappa shape index (κ1) is 18.5. The maximum Gasteiger partial charge on any atom is 0.239 e. The molecule has 2 rings (SSSR count). The molecule has 1 aromatic carbocycles. The summed E-state index contributed by atoms with van der Waals surface area (Å²) in [7, 11) is 0. The van der Waals surface area contributed by atoms with Crippen LogP contribution in [0.5, 0.6) is 0 Å². The van der Waals surface area contributed by atoms with Crippen LogP contribution in [0, 0.1) is 5.92 Å². The number of benzene rings is 1. The van der Waals surface area contributed by atoms with Crippen molar-refractivity contribution in [3.63, 3.8) is 0 Å². The van der Waals surface area contributed by atoms with Crippen LogP contribution in [0.15, 0.2) is 30.3 Å². The number of hydrogen-bond acceptors (Lipinski definition) is 3. The monoisotopic (exact) mass is 325 g/mol. The van der Waals surface area contributed by atoms with Crippen LogP contribution in [0.4, 0.5) is 0 Å². The average Bonchev–Trinajstić information content (AvgIpc) is 3.30. The summed E-state index contributed by atoms with van der Waals surface area (Å²) in [6, 6.07) is 9.98. The minimum absolute atomic E-state index is 0. The second-order valence-electron chi connectivity index (χ2n) is 5.44. The fourth-order valence-electron chi connectivity index (χ4n) is 2.01. The van der Waals surface area contributed by atoms with E-state index >= 15 is 0 Å². The Hall–Kier alpha value is -1.59. The molecule has 0 bridgehead atoms. The van der Waals surface area contributed by atoms with E-state index in [4.69, 9.17) is 0 Å². The topological polar surface area (TPSA) is 70.2 Å². The van der Waals surface area contributed by atoms with Gasteiger partial charge in [0.1, 0.15) is 0 Å². The van der Waals surface area contributed by atoms with Gasteiger partial charge in [-0.05, 0) is 37.3 Å². The second-order valence-corrected chi connectivity index (χ2v) is 5.44. The predicted octanol–water partition coefficient (Wildman–Crippen LogP) is 0.883. The molecule has 0 spiro atoms. The molecule has 6 heteroatoms. The van der Waals surface area contributed by atoms with Crippen LogP contribution in [0.25, 0.3) is 0 Å². The van der Waals surface area contributed by atoms with E-state index in [1.54, 1.807) is 0 Å². The molecule has 0 radical (unpaired) electrons. The smallest absolute Gasteiger partial charge is 0.239 e. The zero-order valence-corrected chi connectivity index (χ0v) is 13.5. The van der Waals surface area contributed by atoms with Crippen molar-refractivity contribution in [1.82, 2.24) is 16.0 Å². The lowest BCUT2D eigenvalue weighted by Gasteiger charge is -2.07. The SMILES string of the molecule is Cl.O=C(CNCC1CC1)NCC(=O)NCCc1ccccc1. The summed E-state index contributed by atoms with van der Waals surface area (Å²) in [6.07, 6.45) is 3.32. The Labute approximate surface area is 137 Å². The fraction of sp³-hybridized carbons (Fsp3) is 0.500. The van der Waals surface area contributed by atoms with Crippen molar-refractivity contribution in [2.75, 3.05) is 26.2 Å².